The van der Waals surface area contributed by atoms with Crippen LogP contribution < -0.4 is 10.1 Å². The minimum absolute atomic E-state index is 0.160. The van der Waals surface area contributed by atoms with Crippen molar-refractivity contribution in [3.05, 3.63) is 66.2 Å². The summed E-state index contributed by atoms with van der Waals surface area (Å²) in [5.74, 6) is 1.39. The number of benzene rings is 3. The lowest BCUT2D eigenvalue weighted by Gasteiger charge is -2.22. The molecule has 1 aromatic heterocycles. The van der Waals surface area contributed by atoms with Gasteiger partial charge in [-0.2, -0.15) is 4.98 Å². The number of nitrogens with zero attached hydrogens (tertiary/aromatic N) is 3. The zero-order valence-corrected chi connectivity index (χ0v) is 16.5. The average Bonchev–Trinajstić information content (AvgIpc) is 2.90. The number of rotatable bonds is 3. The van der Waals surface area contributed by atoms with Crippen molar-refractivity contribution in [3.8, 4) is 22.9 Å². The summed E-state index contributed by atoms with van der Waals surface area (Å²) in [6.45, 7) is 2.04. The molecule has 0 radical (unpaired) electrons. The summed E-state index contributed by atoms with van der Waals surface area (Å²) in [5, 5.41) is 25.2. The Kier molecular flexibility index (Phi) is 4.44. The molecule has 2 heterocycles. The van der Waals surface area contributed by atoms with Crippen LogP contribution in [0, 0.1) is 0 Å². The van der Waals surface area contributed by atoms with Gasteiger partial charge in [-0.1, -0.05) is 67.2 Å². The lowest BCUT2D eigenvalue weighted by molar-refractivity contribution is 0.222. The number of para-hydroxylation sites is 1. The number of anilines is 1. The van der Waals surface area contributed by atoms with Crippen LogP contribution in [-0.4, -0.2) is 26.0 Å². The normalized spacial score (nSPS) is 15.0. The maximum absolute atomic E-state index is 10.7. The van der Waals surface area contributed by atoms with Crippen molar-refractivity contribution in [2.75, 3.05) is 11.1 Å². The van der Waals surface area contributed by atoms with Crippen LogP contribution in [0.1, 0.15) is 18.7 Å². The molecule has 5 rings (SSSR count). The van der Waals surface area contributed by atoms with Crippen LogP contribution in [0.25, 0.3) is 22.0 Å². The molecule has 0 unspecified atom stereocenters. The quantitative estimate of drug-likeness (QED) is 0.466. The van der Waals surface area contributed by atoms with E-state index in [1.807, 2.05) is 61.5 Å². The van der Waals surface area contributed by atoms with Gasteiger partial charge < -0.3 is 15.2 Å². The third-order valence-corrected chi connectivity index (χ3v) is 5.54. The van der Waals surface area contributed by atoms with Crippen LogP contribution in [-0.2, 0) is 0 Å². The van der Waals surface area contributed by atoms with Crippen molar-refractivity contribution < 1.29 is 9.84 Å². The summed E-state index contributed by atoms with van der Waals surface area (Å²) in [7, 11) is 0. The first-order chi connectivity index (χ1) is 14.2. The van der Waals surface area contributed by atoms with Crippen molar-refractivity contribution in [1.29, 1.82) is 0 Å². The van der Waals surface area contributed by atoms with Gasteiger partial charge in [-0.15, -0.1) is 10.2 Å². The number of aromatic nitrogens is 3. The minimum atomic E-state index is -0.639. The highest BCUT2D eigenvalue weighted by Gasteiger charge is 2.28. The molecule has 0 bridgehead atoms. The van der Waals surface area contributed by atoms with E-state index in [-0.39, 0.29) is 5.75 Å². The third-order valence-electron chi connectivity index (χ3n) is 4.82. The Labute approximate surface area is 172 Å². The van der Waals surface area contributed by atoms with Gasteiger partial charge in [0.05, 0.1) is 5.56 Å². The fourth-order valence-electron chi connectivity index (χ4n) is 3.53. The first-order valence-electron chi connectivity index (χ1n) is 9.35. The molecule has 1 atom stereocenters. The lowest BCUT2D eigenvalue weighted by Crippen LogP contribution is -2.17. The average molecular weight is 402 g/mol. The summed E-state index contributed by atoms with van der Waals surface area (Å²) in [6.07, 6.45) is -0.639. The molecule has 144 valence electrons. The second-order valence-corrected chi connectivity index (χ2v) is 7.82. The van der Waals surface area contributed by atoms with Crippen LogP contribution in [0.4, 0.5) is 5.69 Å². The predicted octanol–water partition coefficient (Wildman–Crippen LogP) is 5.01. The number of fused-ring (bicyclic) bond motifs is 4. The number of phenols is 1. The van der Waals surface area contributed by atoms with Crippen LogP contribution >= 0.6 is 11.8 Å². The van der Waals surface area contributed by atoms with Crippen LogP contribution in [0.3, 0.4) is 0 Å². The molecule has 0 saturated carbocycles. The largest absolute Gasteiger partial charge is 0.507 e. The highest BCUT2D eigenvalue weighted by molar-refractivity contribution is 7.99. The molecule has 29 heavy (non-hydrogen) atoms. The highest BCUT2D eigenvalue weighted by Crippen LogP contribution is 2.42. The van der Waals surface area contributed by atoms with Crippen LogP contribution in [0.15, 0.2) is 65.8 Å². The van der Waals surface area contributed by atoms with Gasteiger partial charge in [-0.25, -0.2) is 0 Å². The van der Waals surface area contributed by atoms with E-state index >= 15 is 0 Å². The number of hydrogen-bond acceptors (Lipinski definition) is 7. The Morgan fingerprint density at radius 2 is 1.86 bits per heavy atom. The summed E-state index contributed by atoms with van der Waals surface area (Å²) in [5.41, 5.74) is 2.94. The van der Waals surface area contributed by atoms with Crippen LogP contribution in [0.5, 0.6) is 11.6 Å². The zero-order chi connectivity index (χ0) is 19.8. The van der Waals surface area contributed by atoms with Gasteiger partial charge in [-0.05, 0) is 28.7 Å². The Bertz CT molecular complexity index is 1210. The summed E-state index contributed by atoms with van der Waals surface area (Å²) in [4.78, 5) is 4.59. The van der Waals surface area contributed by atoms with Crippen molar-refractivity contribution in [3.63, 3.8) is 0 Å². The highest BCUT2D eigenvalue weighted by atomic mass is 32.2. The number of phenolic OH excluding ortho intramolecular Hbond substituents is 1. The van der Waals surface area contributed by atoms with E-state index < -0.39 is 6.23 Å². The molecule has 2 N–H and O–H groups in total. The SMILES string of the molecule is CCSc1nnc2c(n1)O[C@@H](c1c(O)ccc3ccccc13)Nc1ccccc1-2. The van der Waals surface area contributed by atoms with Crippen molar-refractivity contribution in [1.82, 2.24) is 15.2 Å². The van der Waals surface area contributed by atoms with E-state index in [0.717, 1.165) is 27.8 Å². The van der Waals surface area contributed by atoms with Crippen molar-refractivity contribution in [2.45, 2.75) is 18.3 Å². The topological polar surface area (TPSA) is 80.2 Å². The number of aromatic hydroxyl groups is 1. The van der Waals surface area contributed by atoms with Gasteiger partial charge in [0.25, 0.3) is 0 Å². The van der Waals surface area contributed by atoms with E-state index in [1.165, 1.54) is 11.8 Å². The first kappa shape index (κ1) is 17.8. The lowest BCUT2D eigenvalue weighted by atomic mass is 10.0. The molecule has 0 saturated heterocycles. The van der Waals surface area contributed by atoms with E-state index in [0.29, 0.717) is 22.3 Å². The number of hydrogen-bond donors (Lipinski definition) is 2. The van der Waals surface area contributed by atoms with Crippen molar-refractivity contribution >= 4 is 28.2 Å². The van der Waals surface area contributed by atoms with Crippen molar-refractivity contribution in [2.24, 2.45) is 0 Å². The fourth-order valence-corrected chi connectivity index (χ4v) is 4.03. The van der Waals surface area contributed by atoms with Gasteiger partial charge in [0, 0.05) is 11.3 Å². The third kappa shape index (κ3) is 3.13. The molecule has 0 aliphatic carbocycles. The van der Waals surface area contributed by atoms with E-state index in [1.54, 1.807) is 6.07 Å². The molecule has 7 heteroatoms. The Hall–Kier alpha value is -3.32. The van der Waals surface area contributed by atoms with E-state index in [2.05, 4.69) is 20.5 Å². The molecule has 0 amide bonds. The van der Waals surface area contributed by atoms with E-state index in [4.69, 9.17) is 4.74 Å². The van der Waals surface area contributed by atoms with Gasteiger partial charge in [0.15, 0.2) is 5.69 Å². The Morgan fingerprint density at radius 3 is 2.76 bits per heavy atom. The summed E-state index contributed by atoms with van der Waals surface area (Å²) < 4.78 is 6.30. The molecular weight excluding hydrogens is 384 g/mol. The molecule has 6 nitrogen and oxygen atoms in total. The number of nitrogens with one attached hydrogen (secondary N) is 1. The molecule has 0 spiro atoms. The van der Waals surface area contributed by atoms with Gasteiger partial charge in [0.1, 0.15) is 5.75 Å². The van der Waals surface area contributed by atoms with Gasteiger partial charge >= 0.3 is 0 Å². The van der Waals surface area contributed by atoms with Gasteiger partial charge in [0.2, 0.25) is 17.3 Å². The zero-order valence-electron chi connectivity index (χ0n) is 15.7. The molecule has 4 aromatic rings. The second-order valence-electron chi connectivity index (χ2n) is 6.59. The smallest absolute Gasteiger partial charge is 0.247 e. The number of thioether (sulfide) groups is 1. The second kappa shape index (κ2) is 7.25. The molecule has 1 aliphatic rings. The molecule has 1 aliphatic heterocycles. The monoisotopic (exact) mass is 402 g/mol. The molecule has 0 fully saturated rings. The van der Waals surface area contributed by atoms with Gasteiger partial charge in [-0.3, -0.25) is 0 Å². The Balaban J connectivity index is 1.71. The summed E-state index contributed by atoms with van der Waals surface area (Å²) >= 11 is 1.50. The predicted molar refractivity (Wildman–Crippen MR) is 114 cm³/mol. The molecular formula is C22H18N4O2S. The fraction of sp³-hybridized carbons (Fsp3) is 0.136. The first-order valence-corrected chi connectivity index (χ1v) is 10.3. The van der Waals surface area contributed by atoms with E-state index in [9.17, 15) is 5.11 Å². The summed E-state index contributed by atoms with van der Waals surface area (Å²) in [6, 6.07) is 19.3. The maximum Gasteiger partial charge on any atom is 0.247 e. The number of ether oxygens (including phenoxy) is 1. The maximum atomic E-state index is 10.7. The minimum Gasteiger partial charge on any atom is -0.507 e. The molecule has 3 aromatic carbocycles. The standard InChI is InChI=1S/C22H18N4O2S/c1-2-29-22-24-21-19(25-26-22)15-9-5-6-10-16(15)23-20(28-21)18-14-8-4-3-7-13(14)11-12-17(18)27/h3-12,20,23,27H,2H2,1H3/t20-/m0/s1. The Morgan fingerprint density at radius 1 is 1.03 bits per heavy atom. The van der Waals surface area contributed by atoms with Crippen LogP contribution in [0.2, 0.25) is 0 Å².